The molecule has 8 nitrogen and oxygen atoms in total. The summed E-state index contributed by atoms with van der Waals surface area (Å²) in [5.74, 6) is 1.08. The zero-order valence-corrected chi connectivity index (χ0v) is 20.2. The first-order chi connectivity index (χ1) is 15.9. The zero-order chi connectivity index (χ0) is 23.8. The van der Waals surface area contributed by atoms with Crippen LogP contribution < -0.4 is 15.4 Å². The van der Waals surface area contributed by atoms with E-state index in [9.17, 15) is 9.59 Å². The predicted molar refractivity (Wildman–Crippen MR) is 130 cm³/mol. The van der Waals surface area contributed by atoms with Crippen LogP contribution in [0.25, 0.3) is 0 Å². The van der Waals surface area contributed by atoms with Crippen molar-refractivity contribution < 1.29 is 14.3 Å². The molecule has 3 aromatic rings. The fraction of sp³-hybridized carbons (Fsp3) is 0.304. The number of thioether (sulfide) groups is 1. The summed E-state index contributed by atoms with van der Waals surface area (Å²) >= 11 is 7.41. The minimum absolute atomic E-state index is 0.156. The topological polar surface area (TPSA) is 98.1 Å². The lowest BCUT2D eigenvalue weighted by Gasteiger charge is -2.15. The van der Waals surface area contributed by atoms with Crippen molar-refractivity contribution in [2.75, 3.05) is 17.7 Å². The maximum atomic E-state index is 12.6. The molecule has 0 aliphatic rings. The molecule has 3 rings (SSSR count). The number of carbonyl (C=O) groups excluding carboxylic acids is 2. The first-order valence-corrected chi connectivity index (χ1v) is 11.9. The molecule has 1 heterocycles. The molecule has 2 N–H and O–H groups in total. The molecule has 0 aliphatic carbocycles. The van der Waals surface area contributed by atoms with Gasteiger partial charge in [0.05, 0.1) is 29.0 Å². The van der Waals surface area contributed by atoms with Crippen molar-refractivity contribution >= 4 is 40.9 Å². The summed E-state index contributed by atoms with van der Waals surface area (Å²) in [7, 11) is 0. The van der Waals surface area contributed by atoms with Crippen LogP contribution in [0.2, 0.25) is 5.02 Å². The molecule has 0 bridgehead atoms. The highest BCUT2D eigenvalue weighted by molar-refractivity contribution is 7.99. The number of nitrogens with zero attached hydrogens (tertiary/aromatic N) is 3. The number of aromatic nitrogens is 3. The van der Waals surface area contributed by atoms with Crippen molar-refractivity contribution in [1.82, 2.24) is 20.1 Å². The normalized spacial score (nSPS) is 11.6. The highest BCUT2D eigenvalue weighted by Crippen LogP contribution is 2.22. The van der Waals surface area contributed by atoms with E-state index in [0.29, 0.717) is 40.4 Å². The zero-order valence-electron chi connectivity index (χ0n) is 18.7. The fourth-order valence-electron chi connectivity index (χ4n) is 3.14. The molecule has 0 spiro atoms. The Hall–Kier alpha value is -3.04. The van der Waals surface area contributed by atoms with Gasteiger partial charge in [-0.15, -0.1) is 10.2 Å². The first-order valence-electron chi connectivity index (χ1n) is 10.6. The second-order valence-electron chi connectivity index (χ2n) is 7.05. The van der Waals surface area contributed by atoms with E-state index >= 15 is 0 Å². The molecule has 33 heavy (non-hydrogen) atoms. The second kappa shape index (κ2) is 11.7. The van der Waals surface area contributed by atoms with Gasteiger partial charge in [-0.1, -0.05) is 35.5 Å². The van der Waals surface area contributed by atoms with Crippen LogP contribution in [0.4, 0.5) is 5.69 Å². The van der Waals surface area contributed by atoms with Crippen molar-refractivity contribution in [3.63, 3.8) is 0 Å². The third-order valence-corrected chi connectivity index (χ3v) is 5.99. The number of ether oxygens (including phenoxy) is 1. The van der Waals surface area contributed by atoms with Gasteiger partial charge in [-0.3, -0.25) is 9.59 Å². The Morgan fingerprint density at radius 2 is 1.85 bits per heavy atom. The molecule has 0 aliphatic heterocycles. The molecule has 0 saturated carbocycles. The van der Waals surface area contributed by atoms with Gasteiger partial charge in [0.2, 0.25) is 5.91 Å². The van der Waals surface area contributed by atoms with Crippen LogP contribution in [-0.2, 0) is 11.3 Å². The van der Waals surface area contributed by atoms with E-state index in [4.69, 9.17) is 16.3 Å². The quantitative estimate of drug-likeness (QED) is 0.406. The van der Waals surface area contributed by atoms with Crippen LogP contribution in [0.15, 0.2) is 53.7 Å². The smallest absolute Gasteiger partial charge is 0.253 e. The van der Waals surface area contributed by atoms with Gasteiger partial charge in [-0.2, -0.15) is 0 Å². The Balaban J connectivity index is 1.59. The molecule has 10 heteroatoms. The summed E-state index contributed by atoms with van der Waals surface area (Å²) in [6.45, 7) is 6.89. The Bertz CT molecular complexity index is 1100. The van der Waals surface area contributed by atoms with Crippen molar-refractivity contribution in [1.29, 1.82) is 0 Å². The number of hydrogen-bond acceptors (Lipinski definition) is 6. The van der Waals surface area contributed by atoms with Gasteiger partial charge in [0.15, 0.2) is 11.0 Å². The molecule has 0 unspecified atom stereocenters. The number of amides is 2. The van der Waals surface area contributed by atoms with E-state index in [-0.39, 0.29) is 17.6 Å². The largest absolute Gasteiger partial charge is 0.494 e. The highest BCUT2D eigenvalue weighted by atomic mass is 35.5. The van der Waals surface area contributed by atoms with E-state index < -0.39 is 6.04 Å². The molecule has 1 aromatic heterocycles. The number of carbonyl (C=O) groups is 2. The third kappa shape index (κ3) is 6.49. The monoisotopic (exact) mass is 487 g/mol. The number of benzene rings is 2. The predicted octanol–water partition coefficient (Wildman–Crippen LogP) is 4.57. The minimum Gasteiger partial charge on any atom is -0.494 e. The lowest BCUT2D eigenvalue weighted by Crippen LogP contribution is -2.29. The van der Waals surface area contributed by atoms with Gasteiger partial charge in [-0.05, 0) is 57.2 Å². The van der Waals surface area contributed by atoms with Crippen LogP contribution >= 0.6 is 23.4 Å². The van der Waals surface area contributed by atoms with Crippen LogP contribution in [0.3, 0.4) is 0 Å². The van der Waals surface area contributed by atoms with Gasteiger partial charge in [-0.25, -0.2) is 0 Å². The van der Waals surface area contributed by atoms with Crippen LogP contribution in [0, 0.1) is 0 Å². The third-order valence-electron chi connectivity index (χ3n) is 4.70. The molecule has 1 atom stereocenters. The number of nitrogens with one attached hydrogen (secondary N) is 2. The number of halogens is 1. The van der Waals surface area contributed by atoms with E-state index in [1.807, 2.05) is 37.5 Å². The standard InChI is InChI=1S/C23H26ClN5O3S/c1-4-29-21(15(3)25-22(31)18-8-6-7-9-19(18)24)27-28-23(29)33-14-20(30)26-16-10-12-17(13-11-16)32-5-2/h6-13,15H,4-5,14H2,1-3H3,(H,25,31)(H,26,30)/t15-/m1/s1. The molecule has 0 saturated heterocycles. The Labute approximate surface area is 202 Å². The van der Waals surface area contributed by atoms with Crippen LogP contribution in [0.1, 0.15) is 43.0 Å². The number of rotatable bonds is 10. The average Bonchev–Trinajstić information content (AvgIpc) is 3.22. The van der Waals surface area contributed by atoms with Gasteiger partial charge in [0.1, 0.15) is 5.75 Å². The SMILES string of the molecule is CCOc1ccc(NC(=O)CSc2nnc([C@@H](C)NC(=O)c3ccccc3Cl)n2CC)cc1. The minimum atomic E-state index is -0.395. The van der Waals surface area contributed by atoms with Crippen molar-refractivity contribution in [3.8, 4) is 5.75 Å². The van der Waals surface area contributed by atoms with Crippen molar-refractivity contribution in [2.45, 2.75) is 38.5 Å². The van der Waals surface area contributed by atoms with Gasteiger partial charge < -0.3 is 19.9 Å². The van der Waals surface area contributed by atoms with Gasteiger partial charge in [0, 0.05) is 12.2 Å². The summed E-state index contributed by atoms with van der Waals surface area (Å²) < 4.78 is 7.29. The number of anilines is 1. The maximum Gasteiger partial charge on any atom is 0.253 e. The lowest BCUT2D eigenvalue weighted by atomic mass is 10.2. The van der Waals surface area contributed by atoms with Gasteiger partial charge >= 0.3 is 0 Å². The molecule has 0 fully saturated rings. The first kappa shape index (κ1) is 24.6. The molecular formula is C23H26ClN5O3S. The maximum absolute atomic E-state index is 12.6. The van der Waals surface area contributed by atoms with Crippen LogP contribution in [0.5, 0.6) is 5.75 Å². The Morgan fingerprint density at radius 3 is 2.52 bits per heavy atom. The van der Waals surface area contributed by atoms with Crippen molar-refractivity contribution in [3.05, 3.63) is 64.9 Å². The summed E-state index contributed by atoms with van der Waals surface area (Å²) in [5, 5.41) is 15.2. The molecule has 2 aromatic carbocycles. The summed E-state index contributed by atoms with van der Waals surface area (Å²) in [6.07, 6.45) is 0. The Kier molecular flexibility index (Phi) is 8.73. The molecule has 0 radical (unpaired) electrons. The van der Waals surface area contributed by atoms with E-state index in [0.717, 1.165) is 5.75 Å². The van der Waals surface area contributed by atoms with E-state index in [2.05, 4.69) is 20.8 Å². The van der Waals surface area contributed by atoms with E-state index in [1.165, 1.54) is 11.8 Å². The summed E-state index contributed by atoms with van der Waals surface area (Å²) in [6, 6.07) is 13.7. The molecule has 174 valence electrons. The Morgan fingerprint density at radius 1 is 1.12 bits per heavy atom. The number of hydrogen-bond donors (Lipinski definition) is 2. The average molecular weight is 488 g/mol. The lowest BCUT2D eigenvalue weighted by molar-refractivity contribution is -0.113. The second-order valence-corrected chi connectivity index (χ2v) is 8.40. The fourth-order valence-corrected chi connectivity index (χ4v) is 4.17. The van der Waals surface area contributed by atoms with Gasteiger partial charge in [0.25, 0.3) is 5.91 Å². The molecular weight excluding hydrogens is 462 g/mol. The highest BCUT2D eigenvalue weighted by Gasteiger charge is 2.21. The van der Waals surface area contributed by atoms with Crippen molar-refractivity contribution in [2.24, 2.45) is 0 Å². The summed E-state index contributed by atoms with van der Waals surface area (Å²) in [5.41, 5.74) is 1.09. The molecule has 2 amide bonds. The van der Waals surface area contributed by atoms with E-state index in [1.54, 1.807) is 36.4 Å². The van der Waals surface area contributed by atoms with Crippen LogP contribution in [-0.4, -0.2) is 38.9 Å². The summed E-state index contributed by atoms with van der Waals surface area (Å²) in [4.78, 5) is 25.0.